The minimum absolute atomic E-state index is 0.146. The summed E-state index contributed by atoms with van der Waals surface area (Å²) < 4.78 is 12.4. The van der Waals surface area contributed by atoms with E-state index < -0.39 is 6.04 Å². The van der Waals surface area contributed by atoms with Crippen molar-refractivity contribution in [1.82, 2.24) is 30.0 Å². The van der Waals surface area contributed by atoms with Crippen LogP contribution in [0.3, 0.4) is 0 Å². The van der Waals surface area contributed by atoms with Crippen molar-refractivity contribution < 1.29 is 14.1 Å². The van der Waals surface area contributed by atoms with Crippen LogP contribution in [0.1, 0.15) is 29.7 Å². The first-order valence-electron chi connectivity index (χ1n) is 9.77. The molecule has 3 heterocycles. The van der Waals surface area contributed by atoms with Gasteiger partial charge in [0, 0.05) is 50.2 Å². The van der Waals surface area contributed by atoms with E-state index in [4.69, 9.17) is 9.26 Å². The molecule has 1 N–H and O–H groups in total. The molecule has 0 unspecified atom stereocenters. The smallest absolute Gasteiger partial charge is 0.227 e. The number of nitrogens with zero attached hydrogens (tertiary/aromatic N) is 5. The Morgan fingerprint density at radius 1 is 1.16 bits per heavy atom. The number of aryl methyl sites for hydroxylation is 2. The van der Waals surface area contributed by atoms with Crippen molar-refractivity contribution in [3.8, 4) is 17.1 Å². The zero-order chi connectivity index (χ0) is 21.6. The molecule has 0 radical (unpaired) electrons. The molecular formula is C22H22N6O3. The van der Waals surface area contributed by atoms with Crippen LogP contribution in [0, 0.1) is 0 Å². The summed E-state index contributed by atoms with van der Waals surface area (Å²) >= 11 is 0. The van der Waals surface area contributed by atoms with Crippen molar-refractivity contribution >= 4 is 5.91 Å². The molecule has 0 saturated heterocycles. The average molecular weight is 418 g/mol. The van der Waals surface area contributed by atoms with E-state index in [1.165, 1.54) is 0 Å². The van der Waals surface area contributed by atoms with Gasteiger partial charge in [-0.05, 0) is 29.8 Å². The standard InChI is InChI=1S/C22H22N6O3/c1-28-14-13-24-22(28)20(15-3-5-17(30-2)6-4-15)25-18(29)7-8-19-26-21(27-31-19)16-9-11-23-12-10-16/h3-6,9-14,20H,7-8H2,1-2H3,(H,25,29)/t20-/m1/s1. The number of aromatic nitrogens is 5. The normalized spacial score (nSPS) is 11.8. The van der Waals surface area contributed by atoms with Crippen molar-refractivity contribution in [1.29, 1.82) is 0 Å². The molecule has 1 amide bonds. The van der Waals surface area contributed by atoms with Gasteiger partial charge >= 0.3 is 0 Å². The van der Waals surface area contributed by atoms with Gasteiger partial charge in [0.25, 0.3) is 0 Å². The number of benzene rings is 1. The van der Waals surface area contributed by atoms with Gasteiger partial charge in [0.15, 0.2) is 0 Å². The predicted octanol–water partition coefficient (Wildman–Crippen LogP) is 2.71. The zero-order valence-electron chi connectivity index (χ0n) is 17.2. The van der Waals surface area contributed by atoms with Crippen molar-refractivity contribution in [2.75, 3.05) is 7.11 Å². The molecule has 9 heteroatoms. The van der Waals surface area contributed by atoms with E-state index in [0.29, 0.717) is 18.1 Å². The highest BCUT2D eigenvalue weighted by molar-refractivity contribution is 5.77. The van der Waals surface area contributed by atoms with Crippen molar-refractivity contribution in [3.05, 3.63) is 78.5 Å². The van der Waals surface area contributed by atoms with Gasteiger partial charge in [0.1, 0.15) is 17.6 Å². The lowest BCUT2D eigenvalue weighted by molar-refractivity contribution is -0.121. The molecule has 9 nitrogen and oxygen atoms in total. The Balaban J connectivity index is 1.44. The number of rotatable bonds is 8. The number of carbonyl (C=O) groups is 1. The second kappa shape index (κ2) is 9.21. The molecule has 4 aromatic rings. The Kier molecular flexibility index (Phi) is 6.02. The van der Waals surface area contributed by atoms with E-state index >= 15 is 0 Å². The summed E-state index contributed by atoms with van der Waals surface area (Å²) in [6.45, 7) is 0. The Hall–Kier alpha value is -4.01. The molecule has 31 heavy (non-hydrogen) atoms. The molecule has 0 saturated carbocycles. The van der Waals surface area contributed by atoms with Crippen LogP contribution < -0.4 is 10.1 Å². The second-order valence-corrected chi connectivity index (χ2v) is 6.92. The van der Waals surface area contributed by atoms with Crippen molar-refractivity contribution in [2.24, 2.45) is 7.05 Å². The number of hydrogen-bond acceptors (Lipinski definition) is 7. The minimum atomic E-state index is -0.395. The number of pyridine rings is 1. The van der Waals surface area contributed by atoms with E-state index in [1.807, 2.05) is 42.1 Å². The first-order chi connectivity index (χ1) is 15.1. The number of ether oxygens (including phenoxy) is 1. The van der Waals surface area contributed by atoms with Crippen LogP contribution in [-0.2, 0) is 18.3 Å². The first kappa shape index (κ1) is 20.3. The molecule has 1 atom stereocenters. The Morgan fingerprint density at radius 3 is 2.61 bits per heavy atom. The van der Waals surface area contributed by atoms with E-state index in [-0.39, 0.29) is 12.3 Å². The molecular weight excluding hydrogens is 396 g/mol. The first-order valence-corrected chi connectivity index (χ1v) is 9.77. The highest BCUT2D eigenvalue weighted by Gasteiger charge is 2.21. The summed E-state index contributed by atoms with van der Waals surface area (Å²) in [4.78, 5) is 25.5. The quantitative estimate of drug-likeness (QED) is 0.469. The summed E-state index contributed by atoms with van der Waals surface area (Å²) in [6, 6.07) is 10.7. The fourth-order valence-corrected chi connectivity index (χ4v) is 3.18. The molecule has 158 valence electrons. The molecule has 0 bridgehead atoms. The lowest BCUT2D eigenvalue weighted by atomic mass is 10.1. The second-order valence-electron chi connectivity index (χ2n) is 6.92. The monoisotopic (exact) mass is 418 g/mol. The van der Waals surface area contributed by atoms with E-state index in [9.17, 15) is 4.79 Å². The Morgan fingerprint density at radius 2 is 1.94 bits per heavy atom. The van der Waals surface area contributed by atoms with Crippen molar-refractivity contribution in [3.63, 3.8) is 0 Å². The lowest BCUT2D eigenvalue weighted by Crippen LogP contribution is -2.31. The topological polar surface area (TPSA) is 108 Å². The summed E-state index contributed by atoms with van der Waals surface area (Å²) in [6.07, 6.45) is 7.41. The fraction of sp³-hybridized carbons (Fsp3) is 0.227. The van der Waals surface area contributed by atoms with Crippen LogP contribution in [0.15, 0.2) is 65.7 Å². The molecule has 0 spiro atoms. The third-order valence-corrected chi connectivity index (χ3v) is 4.84. The van der Waals surface area contributed by atoms with Gasteiger partial charge in [-0.3, -0.25) is 9.78 Å². The fourth-order valence-electron chi connectivity index (χ4n) is 3.18. The lowest BCUT2D eigenvalue weighted by Gasteiger charge is -2.19. The molecule has 0 fully saturated rings. The number of nitrogens with one attached hydrogen (secondary N) is 1. The largest absolute Gasteiger partial charge is 0.497 e. The molecule has 0 aliphatic carbocycles. The number of hydrogen-bond donors (Lipinski definition) is 1. The van der Waals surface area contributed by atoms with Gasteiger partial charge < -0.3 is 19.1 Å². The minimum Gasteiger partial charge on any atom is -0.497 e. The summed E-state index contributed by atoms with van der Waals surface area (Å²) in [5, 5.41) is 7.03. The molecule has 3 aromatic heterocycles. The van der Waals surface area contributed by atoms with E-state index in [1.54, 1.807) is 37.8 Å². The zero-order valence-corrected chi connectivity index (χ0v) is 17.2. The number of carbonyl (C=O) groups excluding carboxylic acids is 1. The molecule has 1 aromatic carbocycles. The third kappa shape index (κ3) is 4.77. The maximum absolute atomic E-state index is 12.7. The highest BCUT2D eigenvalue weighted by Crippen LogP contribution is 2.23. The highest BCUT2D eigenvalue weighted by atomic mass is 16.5. The number of amides is 1. The van der Waals surface area contributed by atoms with Crippen molar-refractivity contribution in [2.45, 2.75) is 18.9 Å². The van der Waals surface area contributed by atoms with Crippen LogP contribution in [-0.4, -0.2) is 37.7 Å². The van der Waals surface area contributed by atoms with E-state index in [2.05, 4.69) is 25.4 Å². The van der Waals surface area contributed by atoms with E-state index in [0.717, 1.165) is 22.7 Å². The average Bonchev–Trinajstić information content (AvgIpc) is 3.46. The molecule has 0 aliphatic heterocycles. The van der Waals surface area contributed by atoms with Crippen LogP contribution in [0.4, 0.5) is 0 Å². The van der Waals surface area contributed by atoms with Gasteiger partial charge in [0.05, 0.1) is 7.11 Å². The maximum Gasteiger partial charge on any atom is 0.227 e. The SMILES string of the molecule is COc1ccc([C@@H](NC(=O)CCc2nc(-c3ccncc3)no2)c2nccn2C)cc1. The van der Waals surface area contributed by atoms with Gasteiger partial charge in [-0.1, -0.05) is 17.3 Å². The predicted molar refractivity (Wildman–Crippen MR) is 112 cm³/mol. The summed E-state index contributed by atoms with van der Waals surface area (Å²) in [7, 11) is 3.51. The van der Waals surface area contributed by atoms with Crippen LogP contribution in [0.25, 0.3) is 11.4 Å². The van der Waals surface area contributed by atoms with Gasteiger partial charge in [-0.2, -0.15) is 4.98 Å². The molecule has 0 aliphatic rings. The third-order valence-electron chi connectivity index (χ3n) is 4.84. The molecule has 4 rings (SSSR count). The Labute approximate surface area is 179 Å². The maximum atomic E-state index is 12.7. The van der Waals surface area contributed by atoms with Gasteiger partial charge in [-0.15, -0.1) is 0 Å². The summed E-state index contributed by atoms with van der Waals surface area (Å²) in [5.41, 5.74) is 1.71. The van der Waals surface area contributed by atoms with Crippen LogP contribution >= 0.6 is 0 Å². The van der Waals surface area contributed by atoms with Gasteiger partial charge in [0.2, 0.25) is 17.6 Å². The Bertz CT molecular complexity index is 1140. The number of methoxy groups -OCH3 is 1. The van der Waals surface area contributed by atoms with Crippen LogP contribution in [0.5, 0.6) is 5.75 Å². The summed E-state index contributed by atoms with van der Waals surface area (Å²) in [5.74, 6) is 2.21. The van der Waals surface area contributed by atoms with Gasteiger partial charge in [-0.25, -0.2) is 4.98 Å². The number of imidazole rings is 1. The van der Waals surface area contributed by atoms with Crippen LogP contribution in [0.2, 0.25) is 0 Å².